The molecule has 0 bridgehead atoms. The molecule has 1 fully saturated rings. The van der Waals surface area contributed by atoms with E-state index in [-0.39, 0.29) is 0 Å². The number of rotatable bonds is 4. The highest BCUT2D eigenvalue weighted by molar-refractivity contribution is 5.31. The maximum atomic E-state index is 10.9. The first-order valence-corrected chi connectivity index (χ1v) is 6.97. The molecule has 0 saturated heterocycles. The fraction of sp³-hybridized carbons (Fsp3) is 0.786. The summed E-state index contributed by atoms with van der Waals surface area (Å²) in [5, 5.41) is 15.2. The van der Waals surface area contributed by atoms with Crippen LogP contribution in [0.5, 0.6) is 5.75 Å². The van der Waals surface area contributed by atoms with Crippen LogP contribution >= 0.6 is 0 Å². The van der Waals surface area contributed by atoms with Crippen molar-refractivity contribution in [3.63, 3.8) is 0 Å². The van der Waals surface area contributed by atoms with Gasteiger partial charge in [-0.2, -0.15) is 5.10 Å². The summed E-state index contributed by atoms with van der Waals surface area (Å²) in [4.78, 5) is 0. The molecule has 1 heterocycles. The van der Waals surface area contributed by atoms with Gasteiger partial charge < -0.3 is 9.84 Å². The lowest BCUT2D eigenvalue weighted by molar-refractivity contribution is -0.0237. The van der Waals surface area contributed by atoms with Crippen LogP contribution in [0, 0.1) is 5.92 Å². The first-order valence-electron chi connectivity index (χ1n) is 6.97. The number of aryl methyl sites for hydroxylation is 1. The van der Waals surface area contributed by atoms with Gasteiger partial charge in [0.05, 0.1) is 13.3 Å². The Bertz CT molecular complexity index is 371. The molecule has 4 heteroatoms. The van der Waals surface area contributed by atoms with Crippen molar-refractivity contribution in [2.24, 2.45) is 5.92 Å². The molecule has 1 aromatic rings. The molecule has 0 spiro atoms. The van der Waals surface area contributed by atoms with Crippen LogP contribution < -0.4 is 4.74 Å². The van der Waals surface area contributed by atoms with Crippen molar-refractivity contribution in [1.82, 2.24) is 9.78 Å². The molecule has 0 unspecified atom stereocenters. The van der Waals surface area contributed by atoms with Crippen molar-refractivity contribution in [2.75, 3.05) is 7.11 Å². The molecular weight excluding hydrogens is 228 g/mol. The zero-order chi connectivity index (χ0) is 13.2. The van der Waals surface area contributed by atoms with Crippen LogP contribution in [0.3, 0.4) is 0 Å². The van der Waals surface area contributed by atoms with Gasteiger partial charge in [-0.05, 0) is 38.5 Å². The Morgan fingerprint density at radius 1 is 1.44 bits per heavy atom. The Morgan fingerprint density at radius 3 is 2.61 bits per heavy atom. The summed E-state index contributed by atoms with van der Waals surface area (Å²) in [6, 6.07) is 0. The molecule has 4 nitrogen and oxygen atoms in total. The lowest BCUT2D eigenvalue weighted by atomic mass is 9.76. The van der Waals surface area contributed by atoms with Crippen molar-refractivity contribution >= 4 is 0 Å². The molecular formula is C14H24N2O2. The number of methoxy groups -OCH3 is 1. The maximum absolute atomic E-state index is 10.9. The summed E-state index contributed by atoms with van der Waals surface area (Å²) in [5.74, 6) is 1.48. The third-order valence-corrected chi connectivity index (χ3v) is 4.28. The van der Waals surface area contributed by atoms with Crippen molar-refractivity contribution < 1.29 is 9.84 Å². The second kappa shape index (κ2) is 5.31. The Labute approximate surface area is 109 Å². The zero-order valence-electron chi connectivity index (χ0n) is 11.6. The Morgan fingerprint density at radius 2 is 2.11 bits per heavy atom. The third-order valence-electron chi connectivity index (χ3n) is 4.28. The van der Waals surface area contributed by atoms with Crippen LogP contribution in [0.4, 0.5) is 0 Å². The van der Waals surface area contributed by atoms with E-state index in [2.05, 4.69) is 12.0 Å². The van der Waals surface area contributed by atoms with E-state index in [0.29, 0.717) is 5.75 Å². The fourth-order valence-corrected chi connectivity index (χ4v) is 3.03. The molecule has 0 amide bonds. The van der Waals surface area contributed by atoms with Crippen LogP contribution in [0.15, 0.2) is 6.20 Å². The topological polar surface area (TPSA) is 47.3 Å². The minimum atomic E-state index is -0.760. The summed E-state index contributed by atoms with van der Waals surface area (Å²) < 4.78 is 7.22. The molecule has 18 heavy (non-hydrogen) atoms. The van der Waals surface area contributed by atoms with Gasteiger partial charge in [0.2, 0.25) is 0 Å². The van der Waals surface area contributed by atoms with Gasteiger partial charge in [-0.25, -0.2) is 0 Å². The number of aliphatic hydroxyl groups is 1. The van der Waals surface area contributed by atoms with E-state index in [1.54, 1.807) is 13.3 Å². The Balaban J connectivity index is 2.27. The maximum Gasteiger partial charge on any atom is 0.162 e. The highest BCUT2D eigenvalue weighted by Crippen LogP contribution is 2.43. The lowest BCUT2D eigenvalue weighted by Crippen LogP contribution is -2.34. The summed E-state index contributed by atoms with van der Waals surface area (Å²) in [5.41, 5.74) is 0.103. The van der Waals surface area contributed by atoms with E-state index in [1.807, 2.05) is 11.6 Å². The number of nitrogens with zero attached hydrogens (tertiary/aromatic N) is 2. The molecule has 1 saturated carbocycles. The van der Waals surface area contributed by atoms with Crippen LogP contribution in [-0.4, -0.2) is 22.0 Å². The predicted molar refractivity (Wildman–Crippen MR) is 70.6 cm³/mol. The fourth-order valence-electron chi connectivity index (χ4n) is 3.03. The molecule has 1 aromatic heterocycles. The molecule has 1 N–H and O–H groups in total. The summed E-state index contributed by atoms with van der Waals surface area (Å²) >= 11 is 0. The van der Waals surface area contributed by atoms with Gasteiger partial charge in [0.15, 0.2) is 5.75 Å². The lowest BCUT2D eigenvalue weighted by Gasteiger charge is -2.36. The van der Waals surface area contributed by atoms with Crippen LogP contribution in [0.1, 0.15) is 51.6 Å². The number of aromatic nitrogens is 2. The summed E-state index contributed by atoms with van der Waals surface area (Å²) in [7, 11) is 1.64. The van der Waals surface area contributed by atoms with E-state index < -0.39 is 5.60 Å². The van der Waals surface area contributed by atoms with E-state index >= 15 is 0 Å². The van der Waals surface area contributed by atoms with Crippen molar-refractivity contribution in [3.05, 3.63) is 11.9 Å². The van der Waals surface area contributed by atoms with Gasteiger partial charge in [0.25, 0.3) is 0 Å². The quantitative estimate of drug-likeness (QED) is 0.896. The van der Waals surface area contributed by atoms with Crippen LogP contribution in [0.2, 0.25) is 0 Å². The number of hydrogen-bond donors (Lipinski definition) is 1. The van der Waals surface area contributed by atoms with Crippen LogP contribution in [0.25, 0.3) is 0 Å². The SMILES string of the molecule is CCC1CCC(O)(c2c(OC)cnn2CC)CC1. The van der Waals surface area contributed by atoms with E-state index in [1.165, 1.54) is 6.42 Å². The zero-order valence-corrected chi connectivity index (χ0v) is 11.6. The van der Waals surface area contributed by atoms with Gasteiger partial charge in [-0.1, -0.05) is 13.3 Å². The Kier molecular flexibility index (Phi) is 3.95. The first-order chi connectivity index (χ1) is 8.64. The molecule has 102 valence electrons. The predicted octanol–water partition coefficient (Wildman–Crippen LogP) is 2.70. The average Bonchev–Trinajstić information content (AvgIpc) is 2.83. The average molecular weight is 252 g/mol. The summed E-state index contributed by atoms with van der Waals surface area (Å²) in [6.07, 6.45) is 6.72. The van der Waals surface area contributed by atoms with E-state index in [9.17, 15) is 5.11 Å². The highest BCUT2D eigenvalue weighted by Gasteiger charge is 2.39. The molecule has 1 aliphatic rings. The number of ether oxygens (including phenoxy) is 1. The molecule has 0 radical (unpaired) electrons. The standard InChI is InChI=1S/C14H24N2O2/c1-4-11-6-8-14(17,9-7-11)13-12(18-3)10-15-16(13)5-2/h10-11,17H,4-9H2,1-3H3. The van der Waals surface area contributed by atoms with Gasteiger partial charge in [0.1, 0.15) is 11.3 Å². The highest BCUT2D eigenvalue weighted by atomic mass is 16.5. The smallest absolute Gasteiger partial charge is 0.162 e. The van der Waals surface area contributed by atoms with E-state index in [4.69, 9.17) is 4.74 Å². The molecule has 0 aromatic carbocycles. The van der Waals surface area contributed by atoms with Gasteiger partial charge >= 0.3 is 0 Å². The monoisotopic (exact) mass is 252 g/mol. The number of hydrogen-bond acceptors (Lipinski definition) is 3. The Hall–Kier alpha value is -1.03. The van der Waals surface area contributed by atoms with E-state index in [0.717, 1.165) is 43.8 Å². The van der Waals surface area contributed by atoms with Crippen LogP contribution in [-0.2, 0) is 12.1 Å². The second-order valence-corrected chi connectivity index (χ2v) is 5.26. The normalized spacial score (nSPS) is 28.3. The van der Waals surface area contributed by atoms with Gasteiger partial charge in [0, 0.05) is 6.54 Å². The molecule has 1 aliphatic carbocycles. The summed E-state index contributed by atoms with van der Waals surface area (Å²) in [6.45, 7) is 5.03. The minimum Gasteiger partial charge on any atom is -0.493 e. The largest absolute Gasteiger partial charge is 0.493 e. The van der Waals surface area contributed by atoms with Gasteiger partial charge in [-0.3, -0.25) is 4.68 Å². The van der Waals surface area contributed by atoms with Gasteiger partial charge in [-0.15, -0.1) is 0 Å². The molecule has 0 aliphatic heterocycles. The molecule has 2 rings (SSSR count). The van der Waals surface area contributed by atoms with Crippen molar-refractivity contribution in [2.45, 2.75) is 58.1 Å². The second-order valence-electron chi connectivity index (χ2n) is 5.26. The van der Waals surface area contributed by atoms with Crippen molar-refractivity contribution in [3.8, 4) is 5.75 Å². The van der Waals surface area contributed by atoms with Crippen molar-refractivity contribution in [1.29, 1.82) is 0 Å². The minimum absolute atomic E-state index is 0.717. The molecule has 0 atom stereocenters. The third kappa shape index (κ3) is 2.26. The first kappa shape index (κ1) is 13.4.